The summed E-state index contributed by atoms with van der Waals surface area (Å²) < 4.78 is 47.4. The standard InChI is InChI=1S/C18H26F3NO2/c1-4-22(15-8-9-24-17(2,3)11-15)12-14-6-5-7-16(10-14)23-13-18(19,20)21/h5-7,10,15H,4,8-9,11-13H2,1-3H3. The molecule has 1 aromatic carbocycles. The van der Waals surface area contributed by atoms with Gasteiger partial charge < -0.3 is 9.47 Å². The molecule has 1 unspecified atom stereocenters. The lowest BCUT2D eigenvalue weighted by Gasteiger charge is -2.41. The Labute approximate surface area is 141 Å². The highest BCUT2D eigenvalue weighted by Crippen LogP contribution is 2.28. The number of rotatable bonds is 6. The Bertz CT molecular complexity index is 531. The summed E-state index contributed by atoms with van der Waals surface area (Å²) >= 11 is 0. The topological polar surface area (TPSA) is 21.7 Å². The van der Waals surface area contributed by atoms with E-state index in [0.29, 0.717) is 12.6 Å². The molecule has 0 saturated carbocycles. The number of nitrogens with zero attached hydrogens (tertiary/aromatic N) is 1. The second-order valence-electron chi connectivity index (χ2n) is 6.87. The van der Waals surface area contributed by atoms with Crippen LogP contribution in [0.4, 0.5) is 13.2 Å². The van der Waals surface area contributed by atoms with Crippen LogP contribution in [0.1, 0.15) is 39.2 Å². The van der Waals surface area contributed by atoms with Crippen LogP contribution in [-0.4, -0.2) is 42.5 Å². The molecule has 0 aromatic heterocycles. The van der Waals surface area contributed by atoms with Gasteiger partial charge in [-0.1, -0.05) is 19.1 Å². The Morgan fingerprint density at radius 3 is 2.71 bits per heavy atom. The molecule has 0 amide bonds. The quantitative estimate of drug-likeness (QED) is 0.762. The molecule has 1 aromatic rings. The van der Waals surface area contributed by atoms with E-state index in [9.17, 15) is 13.2 Å². The zero-order chi connectivity index (χ0) is 17.8. The molecular weight excluding hydrogens is 319 g/mol. The van der Waals surface area contributed by atoms with Gasteiger partial charge in [-0.25, -0.2) is 0 Å². The molecule has 1 atom stereocenters. The maximum Gasteiger partial charge on any atom is 0.422 e. The van der Waals surface area contributed by atoms with E-state index in [2.05, 4.69) is 25.7 Å². The SMILES string of the molecule is CCN(Cc1cccc(OCC(F)(F)F)c1)C1CCOC(C)(C)C1. The van der Waals surface area contributed by atoms with E-state index in [-0.39, 0.29) is 11.4 Å². The Balaban J connectivity index is 2.00. The fourth-order valence-electron chi connectivity index (χ4n) is 3.14. The van der Waals surface area contributed by atoms with Crippen LogP contribution in [0.15, 0.2) is 24.3 Å². The summed E-state index contributed by atoms with van der Waals surface area (Å²) in [5, 5.41) is 0. The van der Waals surface area contributed by atoms with E-state index < -0.39 is 12.8 Å². The van der Waals surface area contributed by atoms with Crippen molar-refractivity contribution in [2.24, 2.45) is 0 Å². The molecule has 0 bridgehead atoms. The first kappa shape index (κ1) is 19.1. The van der Waals surface area contributed by atoms with E-state index >= 15 is 0 Å². The highest BCUT2D eigenvalue weighted by molar-refractivity contribution is 5.28. The Kier molecular flexibility index (Phi) is 6.15. The van der Waals surface area contributed by atoms with Crippen molar-refractivity contribution in [2.75, 3.05) is 19.8 Å². The van der Waals surface area contributed by atoms with Crippen LogP contribution < -0.4 is 4.74 Å². The van der Waals surface area contributed by atoms with Gasteiger partial charge >= 0.3 is 6.18 Å². The minimum Gasteiger partial charge on any atom is -0.484 e. The molecule has 136 valence electrons. The van der Waals surface area contributed by atoms with Crippen molar-refractivity contribution in [3.8, 4) is 5.75 Å². The van der Waals surface area contributed by atoms with Gasteiger partial charge in [0.2, 0.25) is 0 Å². The van der Waals surface area contributed by atoms with E-state index in [1.54, 1.807) is 18.2 Å². The third-order valence-corrected chi connectivity index (χ3v) is 4.28. The van der Waals surface area contributed by atoms with Gasteiger partial charge in [0.05, 0.1) is 5.60 Å². The molecular formula is C18H26F3NO2. The molecule has 6 heteroatoms. The molecule has 1 aliphatic heterocycles. The smallest absolute Gasteiger partial charge is 0.422 e. The monoisotopic (exact) mass is 345 g/mol. The Morgan fingerprint density at radius 1 is 1.33 bits per heavy atom. The van der Waals surface area contributed by atoms with Crippen molar-refractivity contribution in [1.29, 1.82) is 0 Å². The minimum atomic E-state index is -4.32. The van der Waals surface area contributed by atoms with Crippen LogP contribution in [0.5, 0.6) is 5.75 Å². The summed E-state index contributed by atoms with van der Waals surface area (Å²) in [7, 11) is 0. The minimum absolute atomic E-state index is 0.131. The summed E-state index contributed by atoms with van der Waals surface area (Å²) in [6.07, 6.45) is -2.40. The van der Waals surface area contributed by atoms with Gasteiger partial charge in [0.25, 0.3) is 0 Å². The molecule has 0 N–H and O–H groups in total. The zero-order valence-corrected chi connectivity index (χ0v) is 14.5. The number of benzene rings is 1. The van der Waals surface area contributed by atoms with Crippen molar-refractivity contribution < 1.29 is 22.6 Å². The van der Waals surface area contributed by atoms with Gasteiger partial charge in [0.1, 0.15) is 5.75 Å². The van der Waals surface area contributed by atoms with Crippen molar-refractivity contribution in [2.45, 2.75) is 58.0 Å². The summed E-state index contributed by atoms with van der Waals surface area (Å²) in [6, 6.07) is 7.33. The van der Waals surface area contributed by atoms with Crippen molar-refractivity contribution in [3.63, 3.8) is 0 Å². The number of halogens is 3. The van der Waals surface area contributed by atoms with Crippen molar-refractivity contribution in [3.05, 3.63) is 29.8 Å². The number of hydrogen-bond acceptors (Lipinski definition) is 3. The molecule has 0 aliphatic carbocycles. The predicted molar refractivity (Wildman–Crippen MR) is 87.1 cm³/mol. The fourth-order valence-corrected chi connectivity index (χ4v) is 3.14. The van der Waals surface area contributed by atoms with Crippen molar-refractivity contribution in [1.82, 2.24) is 4.90 Å². The first-order valence-electron chi connectivity index (χ1n) is 8.35. The van der Waals surface area contributed by atoms with E-state index in [1.807, 2.05) is 6.07 Å². The fraction of sp³-hybridized carbons (Fsp3) is 0.667. The summed E-state index contributed by atoms with van der Waals surface area (Å²) in [5.74, 6) is 0.258. The molecule has 1 saturated heterocycles. The Hall–Kier alpha value is -1.27. The highest BCUT2D eigenvalue weighted by Gasteiger charge is 2.32. The number of hydrogen-bond donors (Lipinski definition) is 0. The lowest BCUT2D eigenvalue weighted by molar-refractivity contribution is -0.153. The largest absolute Gasteiger partial charge is 0.484 e. The van der Waals surface area contributed by atoms with Crippen LogP contribution in [0, 0.1) is 0 Å². The molecule has 1 fully saturated rings. The molecule has 3 nitrogen and oxygen atoms in total. The van der Waals surface area contributed by atoms with E-state index in [1.165, 1.54) is 0 Å². The van der Waals surface area contributed by atoms with Crippen LogP contribution in [0.25, 0.3) is 0 Å². The van der Waals surface area contributed by atoms with Gasteiger partial charge in [-0.2, -0.15) is 13.2 Å². The summed E-state index contributed by atoms with van der Waals surface area (Å²) in [4.78, 5) is 2.35. The maximum atomic E-state index is 12.3. The Morgan fingerprint density at radius 2 is 2.08 bits per heavy atom. The lowest BCUT2D eigenvalue weighted by Crippen LogP contribution is -2.45. The summed E-state index contributed by atoms with van der Waals surface area (Å²) in [5.41, 5.74) is 0.828. The molecule has 1 heterocycles. The average molecular weight is 345 g/mol. The zero-order valence-electron chi connectivity index (χ0n) is 14.5. The average Bonchev–Trinajstić information content (AvgIpc) is 2.49. The van der Waals surface area contributed by atoms with E-state index in [0.717, 1.165) is 31.6 Å². The maximum absolute atomic E-state index is 12.3. The first-order chi connectivity index (χ1) is 11.2. The van der Waals surface area contributed by atoms with Gasteiger partial charge in [0.15, 0.2) is 6.61 Å². The van der Waals surface area contributed by atoms with Gasteiger partial charge in [-0.15, -0.1) is 0 Å². The third-order valence-electron chi connectivity index (χ3n) is 4.28. The highest BCUT2D eigenvalue weighted by atomic mass is 19.4. The molecule has 2 rings (SSSR count). The van der Waals surface area contributed by atoms with Gasteiger partial charge in [-0.3, -0.25) is 4.90 Å². The second kappa shape index (κ2) is 7.74. The lowest BCUT2D eigenvalue weighted by atomic mass is 9.92. The summed E-state index contributed by atoms with van der Waals surface area (Å²) in [6.45, 7) is 7.35. The second-order valence-corrected chi connectivity index (χ2v) is 6.87. The number of alkyl halides is 3. The first-order valence-corrected chi connectivity index (χ1v) is 8.35. The molecule has 0 spiro atoms. The van der Waals surface area contributed by atoms with Crippen LogP contribution in [0.2, 0.25) is 0 Å². The molecule has 24 heavy (non-hydrogen) atoms. The van der Waals surface area contributed by atoms with Gasteiger partial charge in [-0.05, 0) is 50.9 Å². The van der Waals surface area contributed by atoms with Crippen molar-refractivity contribution >= 4 is 0 Å². The van der Waals surface area contributed by atoms with Crippen LogP contribution in [-0.2, 0) is 11.3 Å². The third kappa shape index (κ3) is 5.98. The van der Waals surface area contributed by atoms with Crippen LogP contribution in [0.3, 0.4) is 0 Å². The number of ether oxygens (including phenoxy) is 2. The predicted octanol–water partition coefficient (Wildman–Crippen LogP) is 4.41. The molecule has 1 aliphatic rings. The van der Waals surface area contributed by atoms with Gasteiger partial charge in [0, 0.05) is 19.2 Å². The van der Waals surface area contributed by atoms with E-state index in [4.69, 9.17) is 9.47 Å². The normalized spacial score (nSPS) is 21.0. The molecule has 0 radical (unpaired) electrons. The van der Waals surface area contributed by atoms with Crippen LogP contribution >= 0.6 is 0 Å².